The van der Waals surface area contributed by atoms with Crippen molar-refractivity contribution in [3.8, 4) is 0 Å². The maximum Gasteiger partial charge on any atom is 0.243 e. The molecule has 2 aliphatic rings. The fourth-order valence-electron chi connectivity index (χ4n) is 3.15. The van der Waals surface area contributed by atoms with Gasteiger partial charge in [-0.05, 0) is 30.5 Å². The summed E-state index contributed by atoms with van der Waals surface area (Å²) in [4.78, 5) is 12.2. The Bertz CT molecular complexity index is 509. The normalized spacial score (nSPS) is 22.7. The lowest BCUT2D eigenvalue weighted by Gasteiger charge is -2.23. The molecule has 1 aliphatic carbocycles. The molecule has 1 aromatic carbocycles. The number of hydrogen-bond acceptors (Lipinski definition) is 4. The Labute approximate surface area is 137 Å². The van der Waals surface area contributed by atoms with Crippen LogP contribution in [-0.4, -0.2) is 37.8 Å². The molecule has 1 heterocycles. The van der Waals surface area contributed by atoms with E-state index in [4.69, 9.17) is 9.47 Å². The molecular weight excluding hydrogens is 292 g/mol. The summed E-state index contributed by atoms with van der Waals surface area (Å²) in [5.41, 5.74) is 1.91. The van der Waals surface area contributed by atoms with Crippen molar-refractivity contribution >= 4 is 11.6 Å². The van der Waals surface area contributed by atoms with E-state index in [9.17, 15) is 4.79 Å². The lowest BCUT2D eigenvalue weighted by molar-refractivity contribution is -0.120. The van der Waals surface area contributed by atoms with Gasteiger partial charge in [0.05, 0.1) is 25.9 Å². The maximum atomic E-state index is 12.2. The highest BCUT2D eigenvalue weighted by atomic mass is 16.5. The highest BCUT2D eigenvalue weighted by molar-refractivity contribution is 5.95. The van der Waals surface area contributed by atoms with Crippen molar-refractivity contribution in [3.05, 3.63) is 29.8 Å². The average molecular weight is 318 g/mol. The number of morpholine rings is 1. The van der Waals surface area contributed by atoms with Crippen LogP contribution in [0.25, 0.3) is 0 Å². The monoisotopic (exact) mass is 318 g/mol. The van der Waals surface area contributed by atoms with E-state index in [1.165, 1.54) is 32.1 Å². The lowest BCUT2D eigenvalue weighted by Crippen LogP contribution is -2.48. The zero-order chi connectivity index (χ0) is 15.9. The fourth-order valence-corrected chi connectivity index (χ4v) is 3.15. The van der Waals surface area contributed by atoms with E-state index in [1.807, 2.05) is 24.3 Å². The number of nitrogens with one attached hydrogen (secondary N) is 2. The third kappa shape index (κ3) is 5.03. The zero-order valence-corrected chi connectivity index (χ0v) is 13.6. The van der Waals surface area contributed by atoms with Crippen molar-refractivity contribution in [2.24, 2.45) is 0 Å². The van der Waals surface area contributed by atoms with Gasteiger partial charge in [-0.1, -0.05) is 31.4 Å². The Balaban J connectivity index is 1.51. The van der Waals surface area contributed by atoms with Crippen LogP contribution in [0.4, 0.5) is 5.69 Å². The van der Waals surface area contributed by atoms with E-state index in [0.29, 0.717) is 32.5 Å². The fraction of sp³-hybridized carbons (Fsp3) is 0.611. The predicted octanol–water partition coefficient (Wildman–Crippen LogP) is 2.46. The van der Waals surface area contributed by atoms with E-state index < -0.39 is 0 Å². The van der Waals surface area contributed by atoms with Crippen LogP contribution in [0.15, 0.2) is 24.3 Å². The predicted molar refractivity (Wildman–Crippen MR) is 89.3 cm³/mol. The highest BCUT2D eigenvalue weighted by Crippen LogP contribution is 2.22. The number of anilines is 1. The molecular formula is C18H26N2O3. The Morgan fingerprint density at radius 1 is 1.30 bits per heavy atom. The van der Waals surface area contributed by atoms with Gasteiger partial charge in [0, 0.05) is 12.2 Å². The summed E-state index contributed by atoms with van der Waals surface area (Å²) in [6, 6.07) is 7.63. The molecule has 0 radical (unpaired) electrons. The Morgan fingerprint density at radius 2 is 2.17 bits per heavy atom. The van der Waals surface area contributed by atoms with Crippen LogP contribution in [0.2, 0.25) is 0 Å². The van der Waals surface area contributed by atoms with E-state index in [-0.39, 0.29) is 11.9 Å². The van der Waals surface area contributed by atoms with Crippen LogP contribution in [0.3, 0.4) is 0 Å². The van der Waals surface area contributed by atoms with Crippen LogP contribution < -0.4 is 10.6 Å². The summed E-state index contributed by atoms with van der Waals surface area (Å²) < 4.78 is 11.3. The van der Waals surface area contributed by atoms with Crippen LogP contribution in [-0.2, 0) is 20.9 Å². The summed E-state index contributed by atoms with van der Waals surface area (Å²) in [6.07, 6.45) is 6.62. The second kappa shape index (κ2) is 8.43. The van der Waals surface area contributed by atoms with Gasteiger partial charge in [0.2, 0.25) is 5.91 Å². The molecule has 0 aromatic heterocycles. The number of carbonyl (C=O) groups is 1. The molecule has 1 atom stereocenters. The second-order valence-electron chi connectivity index (χ2n) is 6.34. The average Bonchev–Trinajstić information content (AvgIpc) is 2.62. The first kappa shape index (κ1) is 16.4. The van der Waals surface area contributed by atoms with Crippen molar-refractivity contribution in [3.63, 3.8) is 0 Å². The van der Waals surface area contributed by atoms with E-state index >= 15 is 0 Å². The second-order valence-corrected chi connectivity index (χ2v) is 6.34. The Hall–Kier alpha value is -1.43. The van der Waals surface area contributed by atoms with Gasteiger partial charge in [-0.3, -0.25) is 4.79 Å². The summed E-state index contributed by atoms with van der Waals surface area (Å²) in [5.74, 6) is -0.0463. The van der Waals surface area contributed by atoms with Crippen LogP contribution in [0, 0.1) is 0 Å². The van der Waals surface area contributed by atoms with Gasteiger partial charge in [0.25, 0.3) is 0 Å². The maximum absolute atomic E-state index is 12.2. The van der Waals surface area contributed by atoms with Crippen molar-refractivity contribution < 1.29 is 14.3 Å². The largest absolute Gasteiger partial charge is 0.378 e. The highest BCUT2D eigenvalue weighted by Gasteiger charge is 2.21. The number of benzene rings is 1. The first-order valence-corrected chi connectivity index (χ1v) is 8.64. The SMILES string of the molecule is O=C(Nc1cccc(COC2CCCCC2)c1)C1COCCN1. The molecule has 3 rings (SSSR count). The van der Waals surface area contributed by atoms with Gasteiger partial charge in [0.15, 0.2) is 0 Å². The Morgan fingerprint density at radius 3 is 2.96 bits per heavy atom. The van der Waals surface area contributed by atoms with Crippen molar-refractivity contribution in [1.82, 2.24) is 5.32 Å². The van der Waals surface area contributed by atoms with E-state index in [0.717, 1.165) is 11.3 Å². The summed E-state index contributed by atoms with van der Waals surface area (Å²) in [7, 11) is 0. The number of amides is 1. The minimum absolute atomic E-state index is 0.0463. The summed E-state index contributed by atoms with van der Waals surface area (Å²) >= 11 is 0. The number of hydrogen-bond donors (Lipinski definition) is 2. The van der Waals surface area contributed by atoms with Crippen LogP contribution in [0.5, 0.6) is 0 Å². The molecule has 2 N–H and O–H groups in total. The zero-order valence-electron chi connectivity index (χ0n) is 13.6. The molecule has 126 valence electrons. The first-order valence-electron chi connectivity index (χ1n) is 8.64. The van der Waals surface area contributed by atoms with Gasteiger partial charge < -0.3 is 20.1 Å². The topological polar surface area (TPSA) is 59.6 Å². The van der Waals surface area contributed by atoms with Crippen LogP contribution >= 0.6 is 0 Å². The van der Waals surface area contributed by atoms with Crippen molar-refractivity contribution in [2.45, 2.75) is 50.9 Å². The van der Waals surface area contributed by atoms with Gasteiger partial charge in [-0.2, -0.15) is 0 Å². The molecule has 2 fully saturated rings. The summed E-state index contributed by atoms with van der Waals surface area (Å²) in [6.45, 7) is 2.42. The summed E-state index contributed by atoms with van der Waals surface area (Å²) in [5, 5.41) is 6.11. The van der Waals surface area contributed by atoms with Gasteiger partial charge >= 0.3 is 0 Å². The molecule has 1 saturated heterocycles. The minimum Gasteiger partial charge on any atom is -0.378 e. The van der Waals surface area contributed by atoms with Gasteiger partial charge in [-0.15, -0.1) is 0 Å². The molecule has 23 heavy (non-hydrogen) atoms. The third-order valence-corrected chi connectivity index (χ3v) is 4.47. The van der Waals surface area contributed by atoms with E-state index in [1.54, 1.807) is 0 Å². The number of carbonyl (C=O) groups excluding carboxylic acids is 1. The van der Waals surface area contributed by atoms with E-state index in [2.05, 4.69) is 10.6 Å². The number of rotatable bonds is 5. The lowest BCUT2D eigenvalue weighted by atomic mass is 9.98. The molecule has 1 aromatic rings. The molecule has 1 aliphatic heterocycles. The molecule has 1 saturated carbocycles. The smallest absolute Gasteiger partial charge is 0.243 e. The third-order valence-electron chi connectivity index (χ3n) is 4.47. The van der Waals surface area contributed by atoms with Crippen LogP contribution in [0.1, 0.15) is 37.7 Å². The van der Waals surface area contributed by atoms with Crippen molar-refractivity contribution in [1.29, 1.82) is 0 Å². The molecule has 5 heteroatoms. The van der Waals surface area contributed by atoms with Gasteiger partial charge in [0.1, 0.15) is 6.04 Å². The Kier molecular flexibility index (Phi) is 6.02. The quantitative estimate of drug-likeness (QED) is 0.875. The number of ether oxygens (including phenoxy) is 2. The molecule has 1 amide bonds. The van der Waals surface area contributed by atoms with Crippen molar-refractivity contribution in [2.75, 3.05) is 25.1 Å². The molecule has 0 spiro atoms. The molecule has 5 nitrogen and oxygen atoms in total. The minimum atomic E-state index is -0.272. The first-order chi connectivity index (χ1) is 11.3. The molecule has 1 unspecified atom stereocenters. The van der Waals surface area contributed by atoms with Gasteiger partial charge in [-0.25, -0.2) is 0 Å². The molecule has 0 bridgehead atoms. The standard InChI is InChI=1S/C18H26N2O3/c21-18(17-13-22-10-9-19-17)20-15-6-4-5-14(11-15)12-23-16-7-2-1-3-8-16/h4-6,11,16-17,19H,1-3,7-10,12-13H2,(H,20,21).